The highest BCUT2D eigenvalue weighted by molar-refractivity contribution is 5.74. The Balaban J connectivity index is 1.99. The molecule has 2 fully saturated rings. The van der Waals surface area contributed by atoms with Crippen molar-refractivity contribution in [2.75, 3.05) is 13.2 Å². The number of aliphatic carboxylic acids is 1. The van der Waals surface area contributed by atoms with E-state index in [1.165, 1.54) is 0 Å². The number of carboxylic acids is 1. The van der Waals surface area contributed by atoms with Crippen LogP contribution in [0.15, 0.2) is 0 Å². The van der Waals surface area contributed by atoms with E-state index in [2.05, 4.69) is 0 Å². The molecule has 0 aromatic heterocycles. The van der Waals surface area contributed by atoms with E-state index in [1.54, 1.807) is 0 Å². The summed E-state index contributed by atoms with van der Waals surface area (Å²) in [4.78, 5) is 10.5. The summed E-state index contributed by atoms with van der Waals surface area (Å²) in [6.45, 7) is 1.42. The molecule has 1 aliphatic heterocycles. The average Bonchev–Trinajstić information content (AvgIpc) is 2.60. The standard InChI is InChI=1S/C7H10O3/c8-7(9)6-4-1-2-10-3-5(4)6/h4-6H,1-3H2,(H,8,9)/t4-,5+,6?/m0/s1. The lowest BCUT2D eigenvalue weighted by molar-refractivity contribution is -0.139. The Kier molecular flexibility index (Phi) is 1.20. The van der Waals surface area contributed by atoms with Gasteiger partial charge in [0.15, 0.2) is 0 Å². The van der Waals surface area contributed by atoms with Gasteiger partial charge in [-0.05, 0) is 18.3 Å². The van der Waals surface area contributed by atoms with Crippen LogP contribution in [0.3, 0.4) is 0 Å². The topological polar surface area (TPSA) is 46.5 Å². The predicted molar refractivity (Wildman–Crippen MR) is 33.5 cm³/mol. The second-order valence-corrected chi connectivity index (χ2v) is 3.06. The first-order valence-electron chi connectivity index (χ1n) is 3.61. The van der Waals surface area contributed by atoms with Crippen molar-refractivity contribution in [1.29, 1.82) is 0 Å². The zero-order chi connectivity index (χ0) is 7.14. The Morgan fingerprint density at radius 2 is 2.30 bits per heavy atom. The second-order valence-electron chi connectivity index (χ2n) is 3.06. The van der Waals surface area contributed by atoms with E-state index >= 15 is 0 Å². The van der Waals surface area contributed by atoms with Crippen LogP contribution in [-0.4, -0.2) is 24.3 Å². The molecule has 0 aromatic carbocycles. The number of carbonyl (C=O) groups is 1. The van der Waals surface area contributed by atoms with Crippen molar-refractivity contribution in [1.82, 2.24) is 0 Å². The highest BCUT2D eigenvalue weighted by Crippen LogP contribution is 2.50. The summed E-state index contributed by atoms with van der Waals surface area (Å²) in [5.41, 5.74) is 0. The highest BCUT2D eigenvalue weighted by Gasteiger charge is 2.55. The van der Waals surface area contributed by atoms with Gasteiger partial charge in [0.05, 0.1) is 12.5 Å². The molecule has 3 atom stereocenters. The van der Waals surface area contributed by atoms with Crippen molar-refractivity contribution in [3.8, 4) is 0 Å². The van der Waals surface area contributed by atoms with Gasteiger partial charge in [-0.2, -0.15) is 0 Å². The van der Waals surface area contributed by atoms with Crippen LogP contribution < -0.4 is 0 Å². The van der Waals surface area contributed by atoms with E-state index in [1.807, 2.05) is 0 Å². The minimum absolute atomic E-state index is 0.0810. The van der Waals surface area contributed by atoms with Crippen LogP contribution in [-0.2, 0) is 9.53 Å². The summed E-state index contributed by atoms with van der Waals surface area (Å²) in [5, 5.41) is 8.63. The zero-order valence-electron chi connectivity index (χ0n) is 5.62. The predicted octanol–water partition coefficient (Wildman–Crippen LogP) is 0.354. The normalized spacial score (nSPS) is 44.2. The first-order chi connectivity index (χ1) is 4.80. The van der Waals surface area contributed by atoms with Gasteiger partial charge in [-0.15, -0.1) is 0 Å². The van der Waals surface area contributed by atoms with Crippen molar-refractivity contribution < 1.29 is 14.6 Å². The van der Waals surface area contributed by atoms with Crippen molar-refractivity contribution in [2.45, 2.75) is 6.42 Å². The van der Waals surface area contributed by atoms with Gasteiger partial charge >= 0.3 is 5.97 Å². The van der Waals surface area contributed by atoms with Crippen molar-refractivity contribution >= 4 is 5.97 Å². The maximum Gasteiger partial charge on any atom is 0.307 e. The van der Waals surface area contributed by atoms with Gasteiger partial charge in [-0.25, -0.2) is 0 Å². The van der Waals surface area contributed by atoms with Gasteiger partial charge < -0.3 is 9.84 Å². The van der Waals surface area contributed by atoms with Gasteiger partial charge in [0.2, 0.25) is 0 Å². The lowest BCUT2D eigenvalue weighted by Crippen LogP contribution is -2.07. The molecule has 56 valence electrons. The van der Waals surface area contributed by atoms with Crippen LogP contribution >= 0.6 is 0 Å². The fourth-order valence-electron chi connectivity index (χ4n) is 1.87. The van der Waals surface area contributed by atoms with Gasteiger partial charge in [0.1, 0.15) is 0 Å². The van der Waals surface area contributed by atoms with Crippen molar-refractivity contribution in [3.05, 3.63) is 0 Å². The molecule has 2 rings (SSSR count). The number of hydrogen-bond donors (Lipinski definition) is 1. The van der Waals surface area contributed by atoms with E-state index in [4.69, 9.17) is 9.84 Å². The SMILES string of the molecule is O=C(O)C1[C@H]2CCOC[C@@H]12. The molecule has 0 bridgehead atoms. The molecular weight excluding hydrogens is 132 g/mol. The monoisotopic (exact) mass is 142 g/mol. The third kappa shape index (κ3) is 0.736. The molecule has 1 unspecified atom stereocenters. The van der Waals surface area contributed by atoms with Crippen LogP contribution in [0.1, 0.15) is 6.42 Å². The zero-order valence-corrected chi connectivity index (χ0v) is 5.62. The molecule has 10 heavy (non-hydrogen) atoms. The molecule has 1 aliphatic carbocycles. The molecule has 1 heterocycles. The fraction of sp³-hybridized carbons (Fsp3) is 0.857. The summed E-state index contributed by atoms with van der Waals surface area (Å²) < 4.78 is 5.14. The molecular formula is C7H10O3. The Hall–Kier alpha value is -0.570. The van der Waals surface area contributed by atoms with Crippen molar-refractivity contribution in [2.24, 2.45) is 17.8 Å². The quantitative estimate of drug-likeness (QED) is 0.574. The van der Waals surface area contributed by atoms with Crippen LogP contribution in [0.4, 0.5) is 0 Å². The van der Waals surface area contributed by atoms with Crippen LogP contribution in [0.2, 0.25) is 0 Å². The Labute approximate surface area is 59.0 Å². The summed E-state index contributed by atoms with van der Waals surface area (Å²) >= 11 is 0. The molecule has 1 N–H and O–H groups in total. The maximum atomic E-state index is 10.5. The van der Waals surface area contributed by atoms with E-state index < -0.39 is 5.97 Å². The van der Waals surface area contributed by atoms with E-state index in [9.17, 15) is 4.79 Å². The minimum Gasteiger partial charge on any atom is -0.481 e. The van der Waals surface area contributed by atoms with Gasteiger partial charge in [0, 0.05) is 6.61 Å². The molecule has 1 saturated carbocycles. The third-order valence-electron chi connectivity index (χ3n) is 2.52. The number of rotatable bonds is 1. The Bertz CT molecular complexity index is 154. The fourth-order valence-corrected chi connectivity index (χ4v) is 1.87. The highest BCUT2D eigenvalue weighted by atomic mass is 16.5. The average molecular weight is 142 g/mol. The van der Waals surface area contributed by atoms with Gasteiger partial charge in [-0.1, -0.05) is 0 Å². The Morgan fingerprint density at radius 1 is 1.50 bits per heavy atom. The molecule has 2 aliphatic rings. The molecule has 0 spiro atoms. The lowest BCUT2D eigenvalue weighted by Gasteiger charge is -2.07. The van der Waals surface area contributed by atoms with Crippen LogP contribution in [0.25, 0.3) is 0 Å². The first-order valence-corrected chi connectivity index (χ1v) is 3.61. The second kappa shape index (κ2) is 1.95. The van der Waals surface area contributed by atoms with Crippen LogP contribution in [0.5, 0.6) is 0 Å². The smallest absolute Gasteiger partial charge is 0.307 e. The lowest BCUT2D eigenvalue weighted by atomic mass is 10.2. The molecule has 0 amide bonds. The van der Waals surface area contributed by atoms with Crippen molar-refractivity contribution in [3.63, 3.8) is 0 Å². The van der Waals surface area contributed by atoms with E-state index in [0.717, 1.165) is 13.0 Å². The molecule has 3 heteroatoms. The number of carboxylic acid groups (broad SMARTS) is 1. The number of ether oxygens (including phenoxy) is 1. The van der Waals surface area contributed by atoms with E-state index in [-0.39, 0.29) is 5.92 Å². The molecule has 1 saturated heterocycles. The van der Waals surface area contributed by atoms with Gasteiger partial charge in [0.25, 0.3) is 0 Å². The third-order valence-corrected chi connectivity index (χ3v) is 2.52. The maximum absolute atomic E-state index is 10.5. The summed E-state index contributed by atoms with van der Waals surface area (Å²) in [6.07, 6.45) is 0.946. The molecule has 0 aromatic rings. The summed E-state index contributed by atoms with van der Waals surface area (Å²) in [5.74, 6) is 0.0560. The first kappa shape index (κ1) is 6.16. The largest absolute Gasteiger partial charge is 0.481 e. The molecule has 0 radical (unpaired) electrons. The summed E-state index contributed by atoms with van der Waals surface area (Å²) in [7, 11) is 0. The Morgan fingerprint density at radius 3 is 2.80 bits per heavy atom. The molecule has 3 nitrogen and oxygen atoms in total. The number of hydrogen-bond acceptors (Lipinski definition) is 2. The summed E-state index contributed by atoms with van der Waals surface area (Å²) in [6, 6.07) is 0. The van der Waals surface area contributed by atoms with Crippen LogP contribution in [0, 0.1) is 17.8 Å². The minimum atomic E-state index is -0.638. The van der Waals surface area contributed by atoms with E-state index in [0.29, 0.717) is 18.4 Å². The number of fused-ring (bicyclic) bond motifs is 1. The van der Waals surface area contributed by atoms with Gasteiger partial charge in [-0.3, -0.25) is 4.79 Å².